The number of hydrogen-bond acceptors (Lipinski definition) is 3. The van der Waals surface area contributed by atoms with Crippen molar-refractivity contribution in [1.82, 2.24) is 10.0 Å². The Morgan fingerprint density at radius 3 is 2.80 bits per heavy atom. The predicted molar refractivity (Wildman–Crippen MR) is 71.2 cm³/mol. The van der Waals surface area contributed by atoms with Crippen molar-refractivity contribution in [2.75, 3.05) is 7.11 Å². The number of halogens is 1. The van der Waals surface area contributed by atoms with Crippen LogP contribution in [0.1, 0.15) is 23.3 Å². The lowest BCUT2D eigenvalue weighted by atomic mass is 10.1. The zero-order valence-electron chi connectivity index (χ0n) is 10.9. The van der Waals surface area contributed by atoms with Crippen LogP contribution in [0.4, 0.5) is 4.39 Å². The van der Waals surface area contributed by atoms with Crippen LogP contribution in [-0.2, 0) is 0 Å². The van der Waals surface area contributed by atoms with E-state index in [1.54, 1.807) is 0 Å². The quantitative estimate of drug-likeness (QED) is 0.913. The van der Waals surface area contributed by atoms with Gasteiger partial charge in [-0.1, -0.05) is 0 Å². The molecule has 5 nitrogen and oxygen atoms in total. The molecule has 6 heteroatoms. The Balaban J connectivity index is 2.18. The first-order valence-electron chi connectivity index (χ1n) is 6.31. The SMILES string of the molecule is COn1c(C(=O)NC2CC2)cc2cc(F)ccc2c1=O. The van der Waals surface area contributed by atoms with E-state index < -0.39 is 17.3 Å². The summed E-state index contributed by atoms with van der Waals surface area (Å²) >= 11 is 0. The number of benzene rings is 1. The van der Waals surface area contributed by atoms with Crippen molar-refractivity contribution in [3.8, 4) is 0 Å². The van der Waals surface area contributed by atoms with E-state index in [9.17, 15) is 14.0 Å². The molecule has 0 aliphatic heterocycles. The first-order chi connectivity index (χ1) is 9.60. The second kappa shape index (κ2) is 4.63. The van der Waals surface area contributed by atoms with Crippen LogP contribution in [0.2, 0.25) is 0 Å². The Hall–Kier alpha value is -2.37. The van der Waals surface area contributed by atoms with Gasteiger partial charge in [0.05, 0.1) is 5.39 Å². The van der Waals surface area contributed by atoms with E-state index >= 15 is 0 Å². The van der Waals surface area contributed by atoms with Crippen molar-refractivity contribution >= 4 is 16.7 Å². The van der Waals surface area contributed by atoms with Gasteiger partial charge in [-0.15, -0.1) is 4.73 Å². The van der Waals surface area contributed by atoms with E-state index in [0.29, 0.717) is 10.8 Å². The summed E-state index contributed by atoms with van der Waals surface area (Å²) in [4.78, 5) is 29.3. The molecule has 3 rings (SSSR count). The summed E-state index contributed by atoms with van der Waals surface area (Å²) in [7, 11) is 1.31. The highest BCUT2D eigenvalue weighted by Crippen LogP contribution is 2.20. The Labute approximate surface area is 113 Å². The molecule has 1 N–H and O–H groups in total. The first kappa shape index (κ1) is 12.7. The average Bonchev–Trinajstić information content (AvgIpc) is 3.22. The number of pyridine rings is 1. The van der Waals surface area contributed by atoms with Crippen molar-refractivity contribution in [2.24, 2.45) is 0 Å². The monoisotopic (exact) mass is 276 g/mol. The van der Waals surface area contributed by atoms with Crippen LogP contribution >= 0.6 is 0 Å². The van der Waals surface area contributed by atoms with E-state index in [4.69, 9.17) is 4.84 Å². The van der Waals surface area contributed by atoms with Gasteiger partial charge < -0.3 is 10.2 Å². The van der Waals surface area contributed by atoms with E-state index in [2.05, 4.69) is 5.32 Å². The first-order valence-corrected chi connectivity index (χ1v) is 6.31. The number of carbonyl (C=O) groups excluding carboxylic acids is 1. The van der Waals surface area contributed by atoms with Gasteiger partial charge in [-0.2, -0.15) is 0 Å². The zero-order chi connectivity index (χ0) is 14.3. The lowest BCUT2D eigenvalue weighted by Gasteiger charge is -2.12. The van der Waals surface area contributed by atoms with Gasteiger partial charge in [0.1, 0.15) is 18.6 Å². The minimum absolute atomic E-state index is 0.0718. The summed E-state index contributed by atoms with van der Waals surface area (Å²) in [6.07, 6.45) is 1.87. The van der Waals surface area contributed by atoms with Crippen LogP contribution in [0.15, 0.2) is 29.1 Å². The molecule has 0 saturated heterocycles. The molecule has 0 spiro atoms. The smallest absolute Gasteiger partial charge is 0.291 e. The summed E-state index contributed by atoms with van der Waals surface area (Å²) < 4.78 is 14.2. The highest BCUT2D eigenvalue weighted by molar-refractivity contribution is 5.96. The van der Waals surface area contributed by atoms with Gasteiger partial charge in [0.25, 0.3) is 11.5 Å². The Morgan fingerprint density at radius 1 is 1.40 bits per heavy atom. The molecule has 1 aliphatic rings. The van der Waals surface area contributed by atoms with Crippen LogP contribution < -0.4 is 15.7 Å². The van der Waals surface area contributed by atoms with Crippen LogP contribution in [0.3, 0.4) is 0 Å². The summed E-state index contributed by atoms with van der Waals surface area (Å²) in [6.45, 7) is 0. The second-order valence-corrected chi connectivity index (χ2v) is 4.79. The van der Waals surface area contributed by atoms with Crippen LogP contribution in [-0.4, -0.2) is 23.8 Å². The molecule has 1 amide bonds. The molecule has 1 aliphatic carbocycles. The summed E-state index contributed by atoms with van der Waals surface area (Å²) in [5.41, 5.74) is -0.409. The van der Waals surface area contributed by atoms with Crippen LogP contribution in [0.5, 0.6) is 0 Å². The highest BCUT2D eigenvalue weighted by Gasteiger charge is 2.26. The van der Waals surface area contributed by atoms with Crippen molar-refractivity contribution in [2.45, 2.75) is 18.9 Å². The normalized spacial score (nSPS) is 14.3. The third-order valence-corrected chi connectivity index (χ3v) is 3.27. The Morgan fingerprint density at radius 2 is 2.15 bits per heavy atom. The van der Waals surface area contributed by atoms with E-state index in [1.165, 1.54) is 31.4 Å². The van der Waals surface area contributed by atoms with Crippen molar-refractivity contribution in [3.63, 3.8) is 0 Å². The maximum absolute atomic E-state index is 13.3. The van der Waals surface area contributed by atoms with E-state index in [1.807, 2.05) is 0 Å². The standard InChI is InChI=1S/C14H13FN2O3/c1-20-17-12(13(18)16-10-3-4-10)7-8-6-9(15)2-5-11(8)14(17)19/h2,5-7,10H,3-4H2,1H3,(H,16,18). The second-order valence-electron chi connectivity index (χ2n) is 4.79. The number of aromatic nitrogens is 1. The molecule has 1 saturated carbocycles. The fourth-order valence-corrected chi connectivity index (χ4v) is 2.10. The number of fused-ring (bicyclic) bond motifs is 1. The van der Waals surface area contributed by atoms with Gasteiger partial charge in [0.2, 0.25) is 0 Å². The summed E-state index contributed by atoms with van der Waals surface area (Å²) in [5.74, 6) is -0.849. The number of nitrogens with zero attached hydrogens (tertiary/aromatic N) is 1. The lowest BCUT2D eigenvalue weighted by Crippen LogP contribution is -2.35. The average molecular weight is 276 g/mol. The topological polar surface area (TPSA) is 60.3 Å². The zero-order valence-corrected chi connectivity index (χ0v) is 10.9. The molecule has 0 unspecified atom stereocenters. The molecule has 0 bridgehead atoms. The van der Waals surface area contributed by atoms with Crippen LogP contribution in [0, 0.1) is 5.82 Å². The largest absolute Gasteiger partial charge is 0.413 e. The van der Waals surface area contributed by atoms with Gasteiger partial charge in [-0.3, -0.25) is 9.59 Å². The van der Waals surface area contributed by atoms with Gasteiger partial charge in [0.15, 0.2) is 0 Å². The fraction of sp³-hybridized carbons (Fsp3) is 0.286. The van der Waals surface area contributed by atoms with Gasteiger partial charge >= 0.3 is 0 Å². The Bertz CT molecular complexity index is 750. The molecule has 1 heterocycles. The van der Waals surface area contributed by atoms with Crippen molar-refractivity contribution in [3.05, 3.63) is 46.1 Å². The minimum atomic E-state index is -0.481. The van der Waals surface area contributed by atoms with Gasteiger partial charge in [-0.05, 0) is 42.5 Å². The molecular weight excluding hydrogens is 263 g/mol. The highest BCUT2D eigenvalue weighted by atomic mass is 19.1. The number of hydrogen-bond donors (Lipinski definition) is 1. The maximum Gasteiger partial charge on any atom is 0.291 e. The molecule has 0 radical (unpaired) electrons. The number of rotatable bonds is 3. The van der Waals surface area contributed by atoms with E-state index in [-0.39, 0.29) is 11.7 Å². The lowest BCUT2D eigenvalue weighted by molar-refractivity contribution is 0.0882. The molecule has 2 aromatic rings. The molecular formula is C14H13FN2O3. The molecule has 0 atom stereocenters. The van der Waals surface area contributed by atoms with Crippen molar-refractivity contribution < 1.29 is 14.0 Å². The molecule has 104 valence electrons. The molecule has 1 aromatic carbocycles. The predicted octanol–water partition coefficient (Wildman–Crippen LogP) is 1.09. The number of carbonyl (C=O) groups is 1. The molecule has 20 heavy (non-hydrogen) atoms. The molecule has 1 aromatic heterocycles. The number of amides is 1. The van der Waals surface area contributed by atoms with Crippen molar-refractivity contribution in [1.29, 1.82) is 0 Å². The molecule has 1 fully saturated rings. The summed E-state index contributed by atoms with van der Waals surface area (Å²) in [5, 5.41) is 3.46. The van der Waals surface area contributed by atoms with Gasteiger partial charge in [-0.25, -0.2) is 4.39 Å². The third-order valence-electron chi connectivity index (χ3n) is 3.27. The van der Waals surface area contributed by atoms with Crippen LogP contribution in [0.25, 0.3) is 10.8 Å². The Kier molecular flexibility index (Phi) is 2.93. The van der Waals surface area contributed by atoms with E-state index in [0.717, 1.165) is 17.6 Å². The maximum atomic E-state index is 13.3. The number of nitrogens with one attached hydrogen (secondary N) is 1. The minimum Gasteiger partial charge on any atom is -0.413 e. The third kappa shape index (κ3) is 2.13. The van der Waals surface area contributed by atoms with Gasteiger partial charge in [0, 0.05) is 6.04 Å². The fourth-order valence-electron chi connectivity index (χ4n) is 2.10. The summed E-state index contributed by atoms with van der Waals surface area (Å²) in [6, 6.07) is 5.43.